The zero-order valence-corrected chi connectivity index (χ0v) is 15.6. The number of pyridine rings is 1. The second-order valence-corrected chi connectivity index (χ2v) is 7.36. The van der Waals surface area contributed by atoms with Crippen LogP contribution in [-0.4, -0.2) is 52.2 Å². The third-order valence-corrected chi connectivity index (χ3v) is 5.43. The molecule has 1 atom stereocenters. The lowest BCUT2D eigenvalue weighted by Gasteiger charge is -2.34. The van der Waals surface area contributed by atoms with Gasteiger partial charge in [0.1, 0.15) is 23.0 Å². The van der Waals surface area contributed by atoms with E-state index in [1.807, 2.05) is 6.92 Å². The first-order chi connectivity index (χ1) is 13.1. The van der Waals surface area contributed by atoms with Crippen LogP contribution in [0.3, 0.4) is 0 Å². The first kappa shape index (κ1) is 17.7. The predicted molar refractivity (Wildman–Crippen MR) is 104 cm³/mol. The number of anilines is 2. The number of piperidine rings is 1. The van der Waals surface area contributed by atoms with Crippen molar-refractivity contribution in [2.45, 2.75) is 38.5 Å². The molecule has 0 bridgehead atoms. The molecule has 2 fully saturated rings. The van der Waals surface area contributed by atoms with E-state index < -0.39 is 5.97 Å². The fourth-order valence-corrected chi connectivity index (χ4v) is 4.12. The van der Waals surface area contributed by atoms with Crippen molar-refractivity contribution in [2.75, 3.05) is 36.0 Å². The topological polar surface area (TPSA) is 82.5 Å². The number of aromatic carboxylic acids is 1. The number of hydrogen-bond donors (Lipinski definition) is 1. The molecular weight excluding hydrogens is 342 g/mol. The summed E-state index contributed by atoms with van der Waals surface area (Å²) in [6, 6.07) is 5.42. The van der Waals surface area contributed by atoms with Crippen LogP contribution in [0.5, 0.6) is 0 Å². The Morgan fingerprint density at radius 3 is 2.70 bits per heavy atom. The van der Waals surface area contributed by atoms with Crippen LogP contribution in [-0.2, 0) is 0 Å². The van der Waals surface area contributed by atoms with E-state index in [-0.39, 0.29) is 11.5 Å². The highest BCUT2D eigenvalue weighted by molar-refractivity contribution is 5.93. The Bertz CT molecular complexity index is 835. The first-order valence-electron chi connectivity index (χ1n) is 9.65. The van der Waals surface area contributed by atoms with Gasteiger partial charge in [-0.3, -0.25) is 0 Å². The molecule has 2 aliphatic heterocycles. The molecule has 0 radical (unpaired) electrons. The quantitative estimate of drug-likeness (QED) is 0.890. The lowest BCUT2D eigenvalue weighted by atomic mass is 9.94. The van der Waals surface area contributed by atoms with Crippen LogP contribution in [0.25, 0.3) is 0 Å². The average molecular weight is 367 g/mol. The van der Waals surface area contributed by atoms with Crippen LogP contribution < -0.4 is 9.80 Å². The van der Waals surface area contributed by atoms with Gasteiger partial charge in [-0.15, -0.1) is 0 Å². The summed E-state index contributed by atoms with van der Waals surface area (Å²) in [4.78, 5) is 29.7. The van der Waals surface area contributed by atoms with E-state index in [9.17, 15) is 9.90 Å². The highest BCUT2D eigenvalue weighted by Crippen LogP contribution is 2.31. The van der Waals surface area contributed by atoms with E-state index in [0.717, 1.165) is 56.4 Å². The Labute approximate surface area is 159 Å². The maximum Gasteiger partial charge on any atom is 0.339 e. The Kier molecular flexibility index (Phi) is 4.92. The molecule has 2 saturated heterocycles. The fraction of sp³-hybridized carbons (Fsp3) is 0.500. The van der Waals surface area contributed by atoms with Crippen molar-refractivity contribution < 1.29 is 9.90 Å². The summed E-state index contributed by atoms with van der Waals surface area (Å²) in [5, 5.41) is 9.48. The second kappa shape index (κ2) is 7.50. The summed E-state index contributed by atoms with van der Waals surface area (Å²) in [6.45, 7) is 5.61. The Morgan fingerprint density at radius 2 is 1.93 bits per heavy atom. The Balaban J connectivity index is 1.59. The molecule has 2 aromatic heterocycles. The average Bonchev–Trinajstić information content (AvgIpc) is 3.22. The van der Waals surface area contributed by atoms with Crippen LogP contribution in [0, 0.1) is 6.92 Å². The third-order valence-electron chi connectivity index (χ3n) is 5.43. The molecule has 0 amide bonds. The van der Waals surface area contributed by atoms with Crippen molar-refractivity contribution in [2.24, 2.45) is 0 Å². The molecule has 4 rings (SSSR count). The largest absolute Gasteiger partial charge is 0.478 e. The number of aryl methyl sites for hydroxylation is 1. The van der Waals surface area contributed by atoms with Gasteiger partial charge in [-0.05, 0) is 44.7 Å². The lowest BCUT2D eigenvalue weighted by molar-refractivity contribution is 0.0697. The third kappa shape index (κ3) is 3.72. The maximum absolute atomic E-state index is 11.6. The number of carboxylic acids is 1. The monoisotopic (exact) mass is 367 g/mol. The summed E-state index contributed by atoms with van der Waals surface area (Å²) in [5.41, 5.74) is 1.32. The summed E-state index contributed by atoms with van der Waals surface area (Å²) >= 11 is 0. The van der Waals surface area contributed by atoms with Crippen LogP contribution in [0.4, 0.5) is 11.6 Å². The normalized spacial score (nSPS) is 20.1. The molecular formula is C20H25N5O2. The number of carboxylic acid groups (broad SMARTS) is 1. The zero-order valence-electron chi connectivity index (χ0n) is 15.6. The predicted octanol–water partition coefficient (Wildman–Crippen LogP) is 2.86. The number of hydrogen-bond acceptors (Lipinski definition) is 6. The molecule has 1 N–H and O–H groups in total. The smallest absolute Gasteiger partial charge is 0.339 e. The van der Waals surface area contributed by atoms with Gasteiger partial charge in [-0.1, -0.05) is 0 Å². The molecule has 142 valence electrons. The molecule has 0 aliphatic carbocycles. The molecule has 27 heavy (non-hydrogen) atoms. The van der Waals surface area contributed by atoms with Gasteiger partial charge in [0.2, 0.25) is 0 Å². The zero-order chi connectivity index (χ0) is 18.8. The molecule has 0 saturated carbocycles. The summed E-state index contributed by atoms with van der Waals surface area (Å²) in [7, 11) is 0. The highest BCUT2D eigenvalue weighted by Gasteiger charge is 2.27. The molecule has 0 unspecified atom stereocenters. The maximum atomic E-state index is 11.6. The molecule has 0 aromatic carbocycles. The molecule has 2 aliphatic rings. The summed E-state index contributed by atoms with van der Waals surface area (Å²) in [6.07, 6.45) is 6.12. The van der Waals surface area contributed by atoms with Crippen molar-refractivity contribution in [1.82, 2.24) is 15.0 Å². The van der Waals surface area contributed by atoms with Crippen LogP contribution in [0.1, 0.15) is 53.5 Å². The van der Waals surface area contributed by atoms with E-state index in [0.29, 0.717) is 5.82 Å². The van der Waals surface area contributed by atoms with Crippen LogP contribution in [0.2, 0.25) is 0 Å². The van der Waals surface area contributed by atoms with Gasteiger partial charge in [0.25, 0.3) is 0 Å². The second-order valence-electron chi connectivity index (χ2n) is 7.36. The minimum Gasteiger partial charge on any atom is -0.478 e. The van der Waals surface area contributed by atoms with E-state index in [2.05, 4.69) is 25.8 Å². The van der Waals surface area contributed by atoms with E-state index in [1.54, 1.807) is 18.3 Å². The SMILES string of the molecule is Cc1nc([C@@H]2CCCN(c3ncccc3C(=O)O)C2)cc(N2CCCC2)n1. The van der Waals surface area contributed by atoms with Crippen LogP contribution >= 0.6 is 0 Å². The van der Waals surface area contributed by atoms with Crippen molar-refractivity contribution >= 4 is 17.6 Å². The van der Waals surface area contributed by atoms with Gasteiger partial charge < -0.3 is 14.9 Å². The van der Waals surface area contributed by atoms with Gasteiger partial charge in [0, 0.05) is 44.4 Å². The van der Waals surface area contributed by atoms with Gasteiger partial charge in [-0.2, -0.15) is 0 Å². The molecule has 7 heteroatoms. The Morgan fingerprint density at radius 1 is 1.15 bits per heavy atom. The molecule has 0 spiro atoms. The number of nitrogens with zero attached hydrogens (tertiary/aromatic N) is 5. The summed E-state index contributed by atoms with van der Waals surface area (Å²) in [5.74, 6) is 1.70. The number of rotatable bonds is 4. The minimum atomic E-state index is -0.936. The minimum absolute atomic E-state index is 0.255. The van der Waals surface area contributed by atoms with Crippen molar-refractivity contribution in [3.05, 3.63) is 41.5 Å². The van der Waals surface area contributed by atoms with Crippen LogP contribution in [0.15, 0.2) is 24.4 Å². The molecule has 7 nitrogen and oxygen atoms in total. The lowest BCUT2D eigenvalue weighted by Crippen LogP contribution is -2.36. The van der Waals surface area contributed by atoms with E-state index in [1.165, 1.54) is 12.8 Å². The van der Waals surface area contributed by atoms with E-state index in [4.69, 9.17) is 4.98 Å². The van der Waals surface area contributed by atoms with Gasteiger partial charge in [0.15, 0.2) is 0 Å². The van der Waals surface area contributed by atoms with Gasteiger partial charge in [0.05, 0.1) is 5.69 Å². The standard InChI is InChI=1S/C20H25N5O2/c1-14-22-17(12-18(23-14)24-9-2-3-10-24)15-6-5-11-25(13-15)19-16(20(26)27)7-4-8-21-19/h4,7-8,12,15H,2-3,5-6,9-11,13H2,1H3,(H,26,27)/t15-/m1/s1. The number of aromatic nitrogens is 3. The van der Waals surface area contributed by atoms with Crippen molar-refractivity contribution in [3.8, 4) is 0 Å². The Hall–Kier alpha value is -2.70. The summed E-state index contributed by atoms with van der Waals surface area (Å²) < 4.78 is 0. The van der Waals surface area contributed by atoms with Gasteiger partial charge >= 0.3 is 5.97 Å². The van der Waals surface area contributed by atoms with Gasteiger partial charge in [-0.25, -0.2) is 19.7 Å². The highest BCUT2D eigenvalue weighted by atomic mass is 16.4. The molecule has 4 heterocycles. The number of carbonyl (C=O) groups is 1. The fourth-order valence-electron chi connectivity index (χ4n) is 4.12. The first-order valence-corrected chi connectivity index (χ1v) is 9.65. The van der Waals surface area contributed by atoms with Crippen molar-refractivity contribution in [3.63, 3.8) is 0 Å². The molecule has 2 aromatic rings. The van der Waals surface area contributed by atoms with E-state index >= 15 is 0 Å². The van der Waals surface area contributed by atoms with Crippen molar-refractivity contribution in [1.29, 1.82) is 0 Å².